The van der Waals surface area contributed by atoms with Gasteiger partial charge in [-0.05, 0) is 31.6 Å². The number of piperidine rings is 1. The molecule has 2 saturated heterocycles. The Labute approximate surface area is 86.4 Å². The lowest BCUT2D eigenvalue weighted by atomic mass is 9.92. The Hall–Kier alpha value is -0.740. The highest BCUT2D eigenvalue weighted by Gasteiger charge is 2.51. The Morgan fingerprint density at radius 3 is 2.07 bits per heavy atom. The van der Waals surface area contributed by atoms with Gasteiger partial charge in [0, 0.05) is 12.1 Å². The normalized spacial score (nSPS) is 35.7. The van der Waals surface area contributed by atoms with E-state index in [4.69, 9.17) is 0 Å². The maximum absolute atomic E-state index is 12.3. The average molecular weight is 221 g/mol. The van der Waals surface area contributed by atoms with Crippen molar-refractivity contribution in [1.29, 1.82) is 0 Å². The van der Waals surface area contributed by atoms with Gasteiger partial charge in [-0.2, -0.15) is 13.2 Å². The molecule has 1 amide bonds. The second-order valence-electron chi connectivity index (χ2n) is 4.67. The summed E-state index contributed by atoms with van der Waals surface area (Å²) in [5.41, 5.74) is 0. The van der Waals surface area contributed by atoms with Gasteiger partial charge >= 0.3 is 12.1 Å². The van der Waals surface area contributed by atoms with Crippen LogP contribution >= 0.6 is 0 Å². The lowest BCUT2D eigenvalue weighted by Gasteiger charge is -2.38. The van der Waals surface area contributed by atoms with Gasteiger partial charge in [-0.15, -0.1) is 0 Å². The van der Waals surface area contributed by atoms with E-state index in [1.165, 1.54) is 0 Å². The zero-order valence-corrected chi connectivity index (χ0v) is 8.55. The summed E-state index contributed by atoms with van der Waals surface area (Å²) >= 11 is 0. The van der Waals surface area contributed by atoms with Gasteiger partial charge in [-0.1, -0.05) is 6.92 Å². The molecule has 0 aromatic rings. The molecule has 0 aromatic carbocycles. The molecule has 86 valence electrons. The van der Waals surface area contributed by atoms with Gasteiger partial charge in [0.2, 0.25) is 0 Å². The van der Waals surface area contributed by atoms with Gasteiger partial charge < -0.3 is 4.90 Å². The third-order valence-corrected chi connectivity index (χ3v) is 3.45. The molecule has 0 aliphatic carbocycles. The minimum absolute atomic E-state index is 0.173. The molecule has 2 fully saturated rings. The molecule has 0 saturated carbocycles. The maximum atomic E-state index is 12.3. The monoisotopic (exact) mass is 221 g/mol. The van der Waals surface area contributed by atoms with E-state index in [-0.39, 0.29) is 12.1 Å². The summed E-state index contributed by atoms with van der Waals surface area (Å²) in [7, 11) is 0. The third kappa shape index (κ3) is 1.84. The molecule has 2 aliphatic rings. The van der Waals surface area contributed by atoms with Crippen molar-refractivity contribution >= 4 is 5.91 Å². The van der Waals surface area contributed by atoms with Crippen molar-refractivity contribution in [3.05, 3.63) is 0 Å². The highest BCUT2D eigenvalue weighted by molar-refractivity contribution is 5.82. The molecule has 0 N–H and O–H groups in total. The van der Waals surface area contributed by atoms with Crippen molar-refractivity contribution in [3.63, 3.8) is 0 Å². The van der Waals surface area contributed by atoms with Crippen molar-refractivity contribution in [1.82, 2.24) is 4.90 Å². The lowest BCUT2D eigenvalue weighted by Crippen LogP contribution is -2.51. The highest BCUT2D eigenvalue weighted by atomic mass is 19.4. The van der Waals surface area contributed by atoms with E-state index in [1.54, 1.807) is 0 Å². The van der Waals surface area contributed by atoms with Gasteiger partial charge in [-0.3, -0.25) is 4.79 Å². The smallest absolute Gasteiger partial charge is 0.329 e. The summed E-state index contributed by atoms with van der Waals surface area (Å²) in [5.74, 6) is -1.19. The van der Waals surface area contributed by atoms with Gasteiger partial charge in [-0.25, -0.2) is 0 Å². The Morgan fingerprint density at radius 1 is 1.20 bits per heavy atom. The van der Waals surface area contributed by atoms with Crippen LogP contribution in [0.5, 0.6) is 0 Å². The second-order valence-corrected chi connectivity index (χ2v) is 4.67. The first-order valence-corrected chi connectivity index (χ1v) is 5.29. The predicted molar refractivity (Wildman–Crippen MR) is 48.1 cm³/mol. The molecule has 2 rings (SSSR count). The number of hydrogen-bond donors (Lipinski definition) is 0. The molecule has 2 heterocycles. The van der Waals surface area contributed by atoms with Crippen LogP contribution in [-0.2, 0) is 4.79 Å². The number of alkyl halides is 3. The molecule has 5 heteroatoms. The van der Waals surface area contributed by atoms with Gasteiger partial charge in [0.25, 0.3) is 0 Å². The summed E-state index contributed by atoms with van der Waals surface area (Å²) in [6, 6.07) is -0.347. The van der Waals surface area contributed by atoms with E-state index in [1.807, 2.05) is 6.92 Å². The quantitative estimate of drug-likeness (QED) is 0.614. The number of hydrogen-bond acceptors (Lipinski definition) is 1. The Morgan fingerprint density at radius 2 is 1.67 bits per heavy atom. The largest absolute Gasteiger partial charge is 0.471 e. The molecule has 2 atom stereocenters. The number of carbonyl (C=O) groups excluding carboxylic acids is 1. The van der Waals surface area contributed by atoms with Crippen LogP contribution in [0, 0.1) is 5.92 Å². The number of amides is 1. The van der Waals surface area contributed by atoms with Crippen molar-refractivity contribution < 1.29 is 18.0 Å². The lowest BCUT2D eigenvalue weighted by molar-refractivity contribution is -0.190. The Balaban J connectivity index is 2.15. The summed E-state index contributed by atoms with van der Waals surface area (Å²) in [6.45, 7) is 2.04. The molecule has 2 nitrogen and oxygen atoms in total. The van der Waals surface area contributed by atoms with Gasteiger partial charge in [0.1, 0.15) is 0 Å². The number of carbonyl (C=O) groups is 1. The van der Waals surface area contributed by atoms with E-state index in [2.05, 4.69) is 0 Å². The molecule has 0 radical (unpaired) electrons. The standard InChI is InChI=1S/C10H14F3NO/c1-6-4-7-2-3-8(5-6)14(7)9(15)10(11,12)13/h6-8H,2-5H2,1H3. The molecule has 0 spiro atoms. The first-order valence-electron chi connectivity index (χ1n) is 5.29. The van der Waals surface area contributed by atoms with Crippen LogP contribution in [0.3, 0.4) is 0 Å². The summed E-state index contributed by atoms with van der Waals surface area (Å²) in [5, 5.41) is 0. The fourth-order valence-corrected chi connectivity index (χ4v) is 2.93. The highest BCUT2D eigenvalue weighted by Crippen LogP contribution is 2.40. The van der Waals surface area contributed by atoms with Crippen LogP contribution in [0.4, 0.5) is 13.2 Å². The fourth-order valence-electron chi connectivity index (χ4n) is 2.93. The number of fused-ring (bicyclic) bond motifs is 2. The maximum Gasteiger partial charge on any atom is 0.471 e. The predicted octanol–water partition coefficient (Wildman–Crippen LogP) is 2.34. The number of halogens is 3. The van der Waals surface area contributed by atoms with E-state index in [9.17, 15) is 18.0 Å². The van der Waals surface area contributed by atoms with Crippen LogP contribution in [0.2, 0.25) is 0 Å². The van der Waals surface area contributed by atoms with Crippen LogP contribution in [0.25, 0.3) is 0 Å². The second kappa shape index (κ2) is 3.39. The van der Waals surface area contributed by atoms with Gasteiger partial charge in [0.15, 0.2) is 0 Å². The minimum atomic E-state index is -4.71. The van der Waals surface area contributed by atoms with Crippen LogP contribution in [0.15, 0.2) is 0 Å². The zero-order chi connectivity index (χ0) is 11.2. The van der Waals surface area contributed by atoms with Crippen molar-refractivity contribution in [3.8, 4) is 0 Å². The molecule has 2 unspecified atom stereocenters. The van der Waals surface area contributed by atoms with E-state index in [0.717, 1.165) is 30.6 Å². The molecule has 0 aromatic heterocycles. The number of rotatable bonds is 0. The van der Waals surface area contributed by atoms with Crippen molar-refractivity contribution in [2.75, 3.05) is 0 Å². The molecule has 2 aliphatic heterocycles. The summed E-state index contributed by atoms with van der Waals surface area (Å²) in [4.78, 5) is 12.3. The molecular weight excluding hydrogens is 207 g/mol. The molecule has 2 bridgehead atoms. The van der Waals surface area contributed by atoms with Gasteiger partial charge in [0.05, 0.1) is 0 Å². The van der Waals surface area contributed by atoms with Crippen LogP contribution in [0.1, 0.15) is 32.6 Å². The van der Waals surface area contributed by atoms with Crippen molar-refractivity contribution in [2.24, 2.45) is 5.92 Å². The molecule has 15 heavy (non-hydrogen) atoms. The minimum Gasteiger partial charge on any atom is -0.329 e. The first kappa shape index (κ1) is 10.8. The summed E-state index contributed by atoms with van der Waals surface area (Å²) in [6.07, 6.45) is -1.80. The van der Waals surface area contributed by atoms with Crippen molar-refractivity contribution in [2.45, 2.75) is 50.9 Å². The SMILES string of the molecule is CC1CC2CCC(C1)N2C(=O)C(F)(F)F. The van der Waals surface area contributed by atoms with Crippen LogP contribution < -0.4 is 0 Å². The van der Waals surface area contributed by atoms with Crippen LogP contribution in [-0.4, -0.2) is 29.1 Å². The average Bonchev–Trinajstić information content (AvgIpc) is 2.35. The Bertz CT molecular complexity index is 262. The topological polar surface area (TPSA) is 20.3 Å². The third-order valence-electron chi connectivity index (χ3n) is 3.45. The van der Waals surface area contributed by atoms with E-state index in [0.29, 0.717) is 5.92 Å². The molecular formula is C10H14F3NO. The zero-order valence-electron chi connectivity index (χ0n) is 8.55. The Kier molecular flexibility index (Phi) is 2.43. The fraction of sp³-hybridized carbons (Fsp3) is 0.900. The first-order chi connectivity index (χ1) is 6.89. The van der Waals surface area contributed by atoms with E-state index >= 15 is 0 Å². The van der Waals surface area contributed by atoms with E-state index < -0.39 is 12.1 Å². The number of nitrogens with zero attached hydrogens (tertiary/aromatic N) is 1. The summed E-state index contributed by atoms with van der Waals surface area (Å²) < 4.78 is 36.9.